The summed E-state index contributed by atoms with van der Waals surface area (Å²) in [7, 11) is 2.12. The van der Waals surface area contributed by atoms with Gasteiger partial charge in [-0.15, -0.1) is 17.9 Å². The van der Waals surface area contributed by atoms with E-state index in [2.05, 4.69) is 37.3 Å². The molecule has 1 aliphatic carbocycles. The fourth-order valence-electron chi connectivity index (χ4n) is 2.93. The molecule has 1 N–H and O–H groups in total. The van der Waals surface area contributed by atoms with Crippen LogP contribution in [0, 0.1) is 0 Å². The maximum Gasteiger partial charge on any atom is 0.0244 e. The van der Waals surface area contributed by atoms with E-state index in [4.69, 9.17) is 0 Å². The minimum absolute atomic E-state index is 0.365. The third-order valence-corrected chi connectivity index (χ3v) is 5.39. The molecular weight excluding hydrogens is 226 g/mol. The molecule has 0 spiro atoms. The Morgan fingerprint density at radius 3 is 2.88 bits per heavy atom. The number of likely N-dealkylation sites (N-methyl/N-ethyl adjacent to an activating group) is 1. The highest BCUT2D eigenvalue weighted by atomic mass is 32.1. The van der Waals surface area contributed by atoms with E-state index in [0.29, 0.717) is 11.5 Å². The summed E-state index contributed by atoms with van der Waals surface area (Å²) in [5.41, 5.74) is 1.93. The van der Waals surface area contributed by atoms with Gasteiger partial charge in [0.05, 0.1) is 0 Å². The minimum Gasteiger partial charge on any atom is -0.314 e. The first-order valence-electron chi connectivity index (χ1n) is 6.59. The Morgan fingerprint density at radius 1 is 1.59 bits per heavy atom. The van der Waals surface area contributed by atoms with Gasteiger partial charge in [-0.05, 0) is 56.2 Å². The molecular formula is C15H23NS. The van der Waals surface area contributed by atoms with Crippen molar-refractivity contribution >= 4 is 11.3 Å². The predicted molar refractivity (Wildman–Crippen MR) is 76.9 cm³/mol. The second kappa shape index (κ2) is 5.36. The van der Waals surface area contributed by atoms with E-state index in [1.165, 1.54) is 19.3 Å². The molecule has 2 rings (SSSR count). The standard InChI is InChI=1S/C15H23NS/c1-4-5-7-14-13(8-11-17-14)12(2)15(16-3)9-6-10-15/h4,8,11-12,16H,1,5-7,9-10H2,2-3H3. The summed E-state index contributed by atoms with van der Waals surface area (Å²) >= 11 is 1.90. The van der Waals surface area contributed by atoms with Gasteiger partial charge in [-0.25, -0.2) is 0 Å². The maximum atomic E-state index is 3.82. The zero-order chi connectivity index (χ0) is 12.3. The molecule has 2 heteroatoms. The summed E-state index contributed by atoms with van der Waals surface area (Å²) in [6.45, 7) is 6.20. The second-order valence-electron chi connectivity index (χ2n) is 5.11. The molecule has 17 heavy (non-hydrogen) atoms. The van der Waals surface area contributed by atoms with Crippen molar-refractivity contribution in [2.24, 2.45) is 0 Å². The van der Waals surface area contributed by atoms with E-state index < -0.39 is 0 Å². The molecule has 0 aliphatic heterocycles. The fourth-order valence-corrected chi connectivity index (χ4v) is 3.92. The molecule has 1 nitrogen and oxygen atoms in total. The van der Waals surface area contributed by atoms with Crippen LogP contribution in [-0.2, 0) is 6.42 Å². The van der Waals surface area contributed by atoms with Crippen molar-refractivity contribution in [3.05, 3.63) is 34.5 Å². The van der Waals surface area contributed by atoms with Gasteiger partial charge in [0.2, 0.25) is 0 Å². The fraction of sp³-hybridized carbons (Fsp3) is 0.600. The lowest BCUT2D eigenvalue weighted by molar-refractivity contribution is 0.164. The first-order valence-corrected chi connectivity index (χ1v) is 7.47. The third-order valence-electron chi connectivity index (χ3n) is 4.39. The molecule has 1 aromatic rings. The smallest absolute Gasteiger partial charge is 0.0244 e. The Hall–Kier alpha value is -0.600. The molecule has 0 saturated heterocycles. The largest absolute Gasteiger partial charge is 0.314 e. The topological polar surface area (TPSA) is 12.0 Å². The van der Waals surface area contributed by atoms with Crippen LogP contribution in [0.2, 0.25) is 0 Å². The van der Waals surface area contributed by atoms with Crippen molar-refractivity contribution in [2.75, 3.05) is 7.05 Å². The van der Waals surface area contributed by atoms with Gasteiger partial charge in [-0.3, -0.25) is 0 Å². The lowest BCUT2D eigenvalue weighted by Crippen LogP contribution is -2.53. The lowest BCUT2D eigenvalue weighted by atomic mass is 9.66. The van der Waals surface area contributed by atoms with E-state index in [1.54, 1.807) is 10.4 Å². The van der Waals surface area contributed by atoms with Crippen molar-refractivity contribution in [1.29, 1.82) is 0 Å². The van der Waals surface area contributed by atoms with Crippen LogP contribution in [0.25, 0.3) is 0 Å². The summed E-state index contributed by atoms with van der Waals surface area (Å²) in [6, 6.07) is 2.32. The second-order valence-corrected chi connectivity index (χ2v) is 6.11. The van der Waals surface area contributed by atoms with Crippen LogP contribution >= 0.6 is 11.3 Å². The Labute approximate surface area is 109 Å². The van der Waals surface area contributed by atoms with Crippen molar-refractivity contribution < 1.29 is 0 Å². The Kier molecular flexibility index (Phi) is 4.05. The van der Waals surface area contributed by atoms with Crippen LogP contribution in [0.5, 0.6) is 0 Å². The van der Waals surface area contributed by atoms with Crippen molar-refractivity contribution in [3.63, 3.8) is 0 Å². The van der Waals surface area contributed by atoms with Gasteiger partial charge in [0.1, 0.15) is 0 Å². The zero-order valence-corrected chi connectivity index (χ0v) is 11.8. The average Bonchev–Trinajstić information content (AvgIpc) is 2.73. The van der Waals surface area contributed by atoms with Crippen molar-refractivity contribution in [3.8, 4) is 0 Å². The number of nitrogens with one attached hydrogen (secondary N) is 1. The molecule has 1 fully saturated rings. The summed E-state index contributed by atoms with van der Waals surface area (Å²) in [4.78, 5) is 1.55. The first-order chi connectivity index (χ1) is 8.23. The first kappa shape index (κ1) is 12.8. The quantitative estimate of drug-likeness (QED) is 0.748. The summed E-state index contributed by atoms with van der Waals surface area (Å²) in [6.07, 6.45) is 8.28. The number of thiophene rings is 1. The summed E-state index contributed by atoms with van der Waals surface area (Å²) < 4.78 is 0. The minimum atomic E-state index is 0.365. The van der Waals surface area contributed by atoms with Crippen LogP contribution in [0.1, 0.15) is 49.0 Å². The SMILES string of the molecule is C=CCCc1sccc1C(C)C1(NC)CCC1. The number of aryl methyl sites for hydroxylation is 1. The molecule has 94 valence electrons. The Balaban J connectivity index is 2.15. The van der Waals surface area contributed by atoms with Gasteiger partial charge in [-0.2, -0.15) is 0 Å². The number of allylic oxidation sites excluding steroid dienone is 1. The zero-order valence-electron chi connectivity index (χ0n) is 11.0. The molecule has 1 saturated carbocycles. The molecule has 1 atom stereocenters. The van der Waals surface area contributed by atoms with E-state index in [1.807, 2.05) is 17.4 Å². The van der Waals surface area contributed by atoms with Crippen LogP contribution in [0.3, 0.4) is 0 Å². The Bertz CT molecular complexity index is 371. The van der Waals surface area contributed by atoms with Crippen LogP contribution < -0.4 is 5.32 Å². The van der Waals surface area contributed by atoms with Gasteiger partial charge in [-0.1, -0.05) is 13.0 Å². The normalized spacial score (nSPS) is 19.6. The van der Waals surface area contributed by atoms with E-state index >= 15 is 0 Å². The molecule has 1 heterocycles. The molecule has 1 unspecified atom stereocenters. The average molecular weight is 249 g/mol. The van der Waals surface area contributed by atoms with Crippen LogP contribution in [0.4, 0.5) is 0 Å². The van der Waals surface area contributed by atoms with E-state index in [9.17, 15) is 0 Å². The van der Waals surface area contributed by atoms with Gasteiger partial charge < -0.3 is 5.32 Å². The van der Waals surface area contributed by atoms with Crippen LogP contribution in [-0.4, -0.2) is 12.6 Å². The molecule has 0 radical (unpaired) electrons. The van der Waals surface area contributed by atoms with Gasteiger partial charge in [0.15, 0.2) is 0 Å². The highest BCUT2D eigenvalue weighted by Gasteiger charge is 2.41. The molecule has 1 aromatic heterocycles. The highest BCUT2D eigenvalue weighted by molar-refractivity contribution is 7.10. The van der Waals surface area contributed by atoms with Crippen molar-refractivity contribution in [2.45, 2.75) is 50.5 Å². The van der Waals surface area contributed by atoms with Gasteiger partial charge in [0.25, 0.3) is 0 Å². The van der Waals surface area contributed by atoms with E-state index in [-0.39, 0.29) is 0 Å². The highest BCUT2D eigenvalue weighted by Crippen LogP contribution is 2.44. The van der Waals surface area contributed by atoms with Gasteiger partial charge >= 0.3 is 0 Å². The molecule has 1 aliphatic rings. The number of rotatable bonds is 6. The summed E-state index contributed by atoms with van der Waals surface area (Å²) in [5.74, 6) is 0.632. The monoisotopic (exact) mass is 249 g/mol. The molecule has 0 amide bonds. The molecule has 0 bridgehead atoms. The number of hydrogen-bond acceptors (Lipinski definition) is 2. The lowest BCUT2D eigenvalue weighted by Gasteiger charge is -2.47. The number of hydrogen-bond donors (Lipinski definition) is 1. The maximum absolute atomic E-state index is 3.82. The summed E-state index contributed by atoms with van der Waals surface area (Å²) in [5, 5.41) is 5.81. The van der Waals surface area contributed by atoms with Crippen molar-refractivity contribution in [1.82, 2.24) is 5.32 Å². The molecule has 0 aromatic carbocycles. The van der Waals surface area contributed by atoms with Gasteiger partial charge in [0, 0.05) is 16.3 Å². The third kappa shape index (κ3) is 2.34. The Morgan fingerprint density at radius 2 is 2.35 bits per heavy atom. The van der Waals surface area contributed by atoms with Crippen LogP contribution in [0.15, 0.2) is 24.1 Å². The van der Waals surface area contributed by atoms with E-state index in [0.717, 1.165) is 12.8 Å². The predicted octanol–water partition coefficient (Wildman–Crippen LogP) is 4.11.